The first kappa shape index (κ1) is 23.8. The molecule has 2 N–H and O–H groups in total. The summed E-state index contributed by atoms with van der Waals surface area (Å²) in [4.78, 5) is 14.8. The van der Waals surface area contributed by atoms with Gasteiger partial charge in [-0.15, -0.1) is 0 Å². The third-order valence-electron chi connectivity index (χ3n) is 8.95. The van der Waals surface area contributed by atoms with E-state index >= 15 is 0 Å². The lowest BCUT2D eigenvalue weighted by Crippen LogP contribution is -2.46. The largest absolute Gasteiger partial charge is 0.378 e. The van der Waals surface area contributed by atoms with Gasteiger partial charge in [0, 0.05) is 48.6 Å². The predicted molar refractivity (Wildman–Crippen MR) is 145 cm³/mol. The minimum atomic E-state index is -0.594. The van der Waals surface area contributed by atoms with Gasteiger partial charge in [-0.3, -0.25) is 4.98 Å². The average molecular weight is 516 g/mol. The van der Waals surface area contributed by atoms with Crippen molar-refractivity contribution < 1.29 is 9.13 Å². The van der Waals surface area contributed by atoms with Crippen molar-refractivity contribution in [3.8, 4) is 11.4 Å². The fourth-order valence-corrected chi connectivity index (χ4v) is 6.63. The van der Waals surface area contributed by atoms with E-state index in [1.54, 1.807) is 6.33 Å². The van der Waals surface area contributed by atoms with Gasteiger partial charge in [0.2, 0.25) is 0 Å². The first-order valence-electron chi connectivity index (χ1n) is 13.7. The van der Waals surface area contributed by atoms with Crippen LogP contribution in [0.25, 0.3) is 22.3 Å². The summed E-state index contributed by atoms with van der Waals surface area (Å²) in [6, 6.07) is 11.1. The number of morpholine rings is 1. The molecule has 0 radical (unpaired) electrons. The van der Waals surface area contributed by atoms with Gasteiger partial charge in [-0.1, -0.05) is 12.1 Å². The van der Waals surface area contributed by atoms with Crippen LogP contribution in [-0.4, -0.2) is 63.2 Å². The molecule has 0 amide bonds. The Labute approximate surface area is 221 Å². The van der Waals surface area contributed by atoms with Crippen LogP contribution in [-0.2, 0) is 17.8 Å². The van der Waals surface area contributed by atoms with Gasteiger partial charge < -0.3 is 19.9 Å². The number of hydrogen-bond donors (Lipinski definition) is 2. The number of nitrogens with one attached hydrogen (secondary N) is 2. The quantitative estimate of drug-likeness (QED) is 0.364. The zero-order valence-electron chi connectivity index (χ0n) is 21.7. The molecule has 2 bridgehead atoms. The Balaban J connectivity index is 1.01. The molecule has 1 unspecified atom stereocenters. The number of benzene rings is 1. The molecule has 8 nitrogen and oxygen atoms in total. The number of rotatable bonds is 8. The van der Waals surface area contributed by atoms with E-state index < -0.39 is 6.17 Å². The van der Waals surface area contributed by atoms with Crippen LogP contribution in [0.1, 0.15) is 37.4 Å². The summed E-state index contributed by atoms with van der Waals surface area (Å²) in [5.74, 6) is 0.985. The lowest BCUT2D eigenvalue weighted by molar-refractivity contribution is 0.0886. The number of anilines is 1. The monoisotopic (exact) mass is 515 g/mol. The van der Waals surface area contributed by atoms with Crippen molar-refractivity contribution in [3.63, 3.8) is 0 Å². The lowest BCUT2D eigenvalue weighted by atomic mass is 9.65. The van der Waals surface area contributed by atoms with Crippen LogP contribution >= 0.6 is 0 Å². The van der Waals surface area contributed by atoms with Gasteiger partial charge in [0.15, 0.2) is 5.82 Å². The number of ether oxygens (including phenoxy) is 1. The lowest BCUT2D eigenvalue weighted by Gasteiger charge is -2.43. The Bertz CT molecular complexity index is 1440. The normalized spacial score (nSPS) is 25.6. The molecule has 1 saturated heterocycles. The molecule has 3 aliphatic carbocycles. The molecule has 3 saturated carbocycles. The number of H-pyrrole nitrogens is 1. The third kappa shape index (κ3) is 4.37. The van der Waals surface area contributed by atoms with E-state index in [1.807, 2.05) is 17.1 Å². The summed E-state index contributed by atoms with van der Waals surface area (Å²) >= 11 is 0. The molecule has 2 atom stereocenters. The molecular formula is C29H34FN7O. The second-order valence-electron chi connectivity index (χ2n) is 11.4. The van der Waals surface area contributed by atoms with Crippen molar-refractivity contribution in [2.24, 2.45) is 11.3 Å². The number of fused-ring (bicyclic) bond motifs is 2. The van der Waals surface area contributed by atoms with Gasteiger partial charge in [-0.25, -0.2) is 14.1 Å². The van der Waals surface area contributed by atoms with Crippen LogP contribution < -0.4 is 10.2 Å². The SMILES string of the molecule is CC(NCc1cc2ccc(Cn3cnc(-c4cncc(N5CCOCC5)c4)n3)cc2[nH]1)C12CC(C1)[C@@H](F)C2. The topological polar surface area (TPSA) is 83.9 Å². The second-order valence-corrected chi connectivity index (χ2v) is 11.4. The van der Waals surface area contributed by atoms with Gasteiger partial charge in [-0.2, -0.15) is 5.10 Å². The summed E-state index contributed by atoms with van der Waals surface area (Å²) in [6.45, 7) is 6.83. The minimum Gasteiger partial charge on any atom is -0.378 e. The van der Waals surface area contributed by atoms with Crippen molar-refractivity contribution in [1.82, 2.24) is 30.0 Å². The van der Waals surface area contributed by atoms with Crippen molar-refractivity contribution in [2.45, 2.75) is 51.5 Å². The van der Waals surface area contributed by atoms with E-state index in [0.29, 0.717) is 24.3 Å². The molecule has 4 fully saturated rings. The zero-order valence-corrected chi connectivity index (χ0v) is 21.7. The highest BCUT2D eigenvalue weighted by molar-refractivity contribution is 5.81. The van der Waals surface area contributed by atoms with E-state index in [4.69, 9.17) is 9.84 Å². The molecule has 4 aliphatic rings. The second kappa shape index (κ2) is 9.47. The first-order valence-corrected chi connectivity index (χ1v) is 13.7. The van der Waals surface area contributed by atoms with Gasteiger partial charge >= 0.3 is 0 Å². The summed E-state index contributed by atoms with van der Waals surface area (Å²) in [7, 11) is 0. The molecule has 1 aliphatic heterocycles. The zero-order chi connectivity index (χ0) is 25.7. The van der Waals surface area contributed by atoms with Crippen LogP contribution in [0.5, 0.6) is 0 Å². The van der Waals surface area contributed by atoms with E-state index in [0.717, 1.165) is 80.1 Å². The van der Waals surface area contributed by atoms with Crippen LogP contribution in [0.4, 0.5) is 10.1 Å². The van der Waals surface area contributed by atoms with Crippen molar-refractivity contribution in [2.75, 3.05) is 31.2 Å². The molecule has 4 aromatic rings. The maximum Gasteiger partial charge on any atom is 0.182 e. The number of hydrogen-bond acceptors (Lipinski definition) is 6. The van der Waals surface area contributed by atoms with E-state index in [-0.39, 0.29) is 5.41 Å². The molecule has 0 spiro atoms. The van der Waals surface area contributed by atoms with Gasteiger partial charge in [-0.05, 0) is 66.7 Å². The maximum atomic E-state index is 14.0. The van der Waals surface area contributed by atoms with Crippen molar-refractivity contribution in [3.05, 3.63) is 60.3 Å². The van der Waals surface area contributed by atoms with Crippen LogP contribution in [0.15, 0.2) is 49.1 Å². The number of pyridine rings is 1. The molecular weight excluding hydrogens is 481 g/mol. The standard InChI is InChI=1S/C29H34FN7O/c1-19(29-11-23(12-29)26(30)13-29)32-15-24-9-21-3-2-20(8-27(21)34-24)17-37-18-33-28(35-37)22-10-25(16-31-14-22)36-4-6-38-7-5-36/h2-3,8-10,14,16,18-19,23,26,32,34H,4-7,11-13,15,17H2,1H3/t19?,23?,26-,29?/m0/s1. The van der Waals surface area contributed by atoms with E-state index in [2.05, 4.69) is 62.4 Å². The Kier molecular flexibility index (Phi) is 5.93. The van der Waals surface area contributed by atoms with Crippen LogP contribution in [0.3, 0.4) is 0 Å². The molecule has 38 heavy (non-hydrogen) atoms. The number of halogens is 1. The molecule has 4 heterocycles. The third-order valence-corrected chi connectivity index (χ3v) is 8.95. The van der Waals surface area contributed by atoms with Gasteiger partial charge in [0.1, 0.15) is 12.5 Å². The molecule has 8 rings (SSSR count). The number of aromatic nitrogens is 5. The van der Waals surface area contributed by atoms with Crippen LogP contribution in [0, 0.1) is 11.3 Å². The number of nitrogens with zero attached hydrogens (tertiary/aromatic N) is 5. The minimum absolute atomic E-state index is 0.166. The molecule has 3 aromatic heterocycles. The Morgan fingerprint density at radius 2 is 2.03 bits per heavy atom. The van der Waals surface area contributed by atoms with Gasteiger partial charge in [0.05, 0.1) is 31.6 Å². The van der Waals surface area contributed by atoms with Crippen molar-refractivity contribution in [1.29, 1.82) is 0 Å². The highest BCUT2D eigenvalue weighted by Crippen LogP contribution is 2.61. The Hall–Kier alpha value is -3.30. The number of alkyl halides is 1. The molecule has 1 aromatic carbocycles. The summed E-state index contributed by atoms with van der Waals surface area (Å²) in [5, 5.41) is 9.58. The van der Waals surface area contributed by atoms with Crippen LogP contribution in [0.2, 0.25) is 0 Å². The van der Waals surface area contributed by atoms with Crippen molar-refractivity contribution >= 4 is 16.6 Å². The highest BCUT2D eigenvalue weighted by atomic mass is 19.1. The molecule has 198 valence electrons. The molecule has 9 heteroatoms. The summed E-state index contributed by atoms with van der Waals surface area (Å²) < 4.78 is 21.3. The highest BCUT2D eigenvalue weighted by Gasteiger charge is 2.58. The fourth-order valence-electron chi connectivity index (χ4n) is 6.63. The summed E-state index contributed by atoms with van der Waals surface area (Å²) in [6.07, 6.45) is 7.69. The fraction of sp³-hybridized carbons (Fsp3) is 0.483. The predicted octanol–water partition coefficient (Wildman–Crippen LogP) is 4.32. The smallest absolute Gasteiger partial charge is 0.182 e. The van der Waals surface area contributed by atoms with E-state index in [1.165, 1.54) is 5.39 Å². The average Bonchev–Trinajstić information content (AvgIpc) is 3.69. The Morgan fingerprint density at radius 3 is 2.84 bits per heavy atom. The van der Waals surface area contributed by atoms with E-state index in [9.17, 15) is 4.39 Å². The number of aromatic amines is 1. The summed E-state index contributed by atoms with van der Waals surface area (Å²) in [5.41, 5.74) is 5.58. The first-order chi connectivity index (χ1) is 18.5. The maximum absolute atomic E-state index is 14.0. The van der Waals surface area contributed by atoms with Gasteiger partial charge in [0.25, 0.3) is 0 Å². The Morgan fingerprint density at radius 1 is 1.16 bits per heavy atom.